The third-order valence-electron chi connectivity index (χ3n) is 5.26. The molecular weight excluding hydrogens is 328 g/mol. The summed E-state index contributed by atoms with van der Waals surface area (Å²) in [6, 6.07) is 10.1. The largest absolute Gasteiger partial charge is 0.352 e. The Bertz CT molecular complexity index is 967. The van der Waals surface area contributed by atoms with Gasteiger partial charge < -0.3 is 15.1 Å². The monoisotopic (exact) mass is 348 g/mol. The molecule has 7 heteroatoms. The molecule has 3 aromatic heterocycles. The lowest BCUT2D eigenvalue weighted by molar-refractivity contribution is 0.207. The minimum absolute atomic E-state index is 0.0905. The molecule has 0 saturated carbocycles. The highest BCUT2D eigenvalue weighted by molar-refractivity contribution is 5.94. The van der Waals surface area contributed by atoms with Crippen LogP contribution in [0.15, 0.2) is 48.9 Å². The van der Waals surface area contributed by atoms with E-state index < -0.39 is 0 Å². The Kier molecular flexibility index (Phi) is 3.51. The average Bonchev–Trinajstić information content (AvgIpc) is 3.26. The second-order valence-corrected chi connectivity index (χ2v) is 6.87. The average molecular weight is 348 g/mol. The predicted molar refractivity (Wildman–Crippen MR) is 99.2 cm³/mol. The predicted octanol–water partition coefficient (Wildman–Crippen LogP) is 2.75. The van der Waals surface area contributed by atoms with Crippen molar-refractivity contribution in [2.24, 2.45) is 0 Å². The van der Waals surface area contributed by atoms with Crippen LogP contribution >= 0.6 is 0 Å². The van der Waals surface area contributed by atoms with Crippen LogP contribution in [0.2, 0.25) is 0 Å². The first-order valence-electron chi connectivity index (χ1n) is 8.98. The Labute approximate surface area is 151 Å². The summed E-state index contributed by atoms with van der Waals surface area (Å²) in [6.45, 7) is 2.29. The van der Waals surface area contributed by atoms with Gasteiger partial charge in [-0.15, -0.1) is 0 Å². The number of hydrogen-bond donors (Lipinski definition) is 1. The number of hydrogen-bond acceptors (Lipinski definition) is 4. The van der Waals surface area contributed by atoms with Gasteiger partial charge in [0, 0.05) is 37.1 Å². The summed E-state index contributed by atoms with van der Waals surface area (Å²) in [5.41, 5.74) is 2.72. The van der Waals surface area contributed by atoms with E-state index in [1.165, 1.54) is 0 Å². The van der Waals surface area contributed by atoms with Gasteiger partial charge in [0.1, 0.15) is 5.82 Å². The lowest BCUT2D eigenvalue weighted by Crippen LogP contribution is -2.42. The number of rotatable bonds is 1. The molecule has 2 aliphatic rings. The third kappa shape index (κ3) is 2.47. The number of carbonyl (C=O) groups is 1. The number of carbonyl (C=O) groups excluding carboxylic acids is 1. The lowest BCUT2D eigenvalue weighted by Gasteiger charge is -2.26. The van der Waals surface area contributed by atoms with Gasteiger partial charge in [-0.2, -0.15) is 5.10 Å². The molecule has 0 bridgehead atoms. The smallest absolute Gasteiger partial charge is 0.322 e. The van der Waals surface area contributed by atoms with Crippen molar-refractivity contribution in [1.29, 1.82) is 0 Å². The van der Waals surface area contributed by atoms with Crippen LogP contribution in [-0.2, 0) is 6.54 Å². The second-order valence-electron chi connectivity index (χ2n) is 6.87. The summed E-state index contributed by atoms with van der Waals surface area (Å²) < 4.78 is 1.76. The molecule has 0 aromatic carbocycles. The van der Waals surface area contributed by atoms with Crippen molar-refractivity contribution in [2.75, 3.05) is 23.3 Å². The zero-order chi connectivity index (χ0) is 17.5. The van der Waals surface area contributed by atoms with Crippen molar-refractivity contribution >= 4 is 23.1 Å². The topological polar surface area (TPSA) is 65.8 Å². The molecular formula is C19H20N6O. The molecule has 1 N–H and O–H groups in total. The van der Waals surface area contributed by atoms with Crippen molar-refractivity contribution in [3.8, 4) is 0 Å². The molecule has 1 atom stereocenters. The van der Waals surface area contributed by atoms with Crippen LogP contribution in [0.3, 0.4) is 0 Å². The Hall–Kier alpha value is -3.09. The third-order valence-corrected chi connectivity index (χ3v) is 5.26. The van der Waals surface area contributed by atoms with E-state index >= 15 is 0 Å². The van der Waals surface area contributed by atoms with E-state index in [2.05, 4.69) is 26.4 Å². The van der Waals surface area contributed by atoms with Crippen molar-refractivity contribution in [3.63, 3.8) is 0 Å². The number of nitrogens with zero attached hydrogens (tertiary/aromatic N) is 5. The van der Waals surface area contributed by atoms with Crippen molar-refractivity contribution in [3.05, 3.63) is 54.5 Å². The van der Waals surface area contributed by atoms with Gasteiger partial charge in [0.05, 0.1) is 23.9 Å². The Morgan fingerprint density at radius 3 is 3.15 bits per heavy atom. The van der Waals surface area contributed by atoms with Gasteiger partial charge in [0.2, 0.25) is 0 Å². The van der Waals surface area contributed by atoms with Gasteiger partial charge in [-0.05, 0) is 31.0 Å². The molecule has 26 heavy (non-hydrogen) atoms. The Morgan fingerprint density at radius 1 is 1.23 bits per heavy atom. The van der Waals surface area contributed by atoms with Crippen LogP contribution in [0.25, 0.3) is 5.52 Å². The molecule has 5 heterocycles. The maximum absolute atomic E-state index is 13.0. The molecule has 2 amide bonds. The first-order chi connectivity index (χ1) is 12.8. The zero-order valence-electron chi connectivity index (χ0n) is 14.4. The summed E-state index contributed by atoms with van der Waals surface area (Å²) in [5, 5.41) is 7.33. The van der Waals surface area contributed by atoms with Crippen LogP contribution in [0.5, 0.6) is 0 Å². The lowest BCUT2D eigenvalue weighted by atomic mass is 10.2. The summed E-state index contributed by atoms with van der Waals surface area (Å²) in [7, 11) is 0. The number of amides is 2. The highest BCUT2D eigenvalue weighted by Crippen LogP contribution is 2.31. The van der Waals surface area contributed by atoms with Crippen LogP contribution in [0.1, 0.15) is 18.4 Å². The number of aromatic nitrogens is 3. The quantitative estimate of drug-likeness (QED) is 0.734. The van der Waals surface area contributed by atoms with Crippen molar-refractivity contribution < 1.29 is 4.79 Å². The molecule has 7 nitrogen and oxygen atoms in total. The SMILES string of the molecule is O=C(Nc1cnn2ccccc12)N1Cc2cccnc2N2CCC[C@@H]2C1. The van der Waals surface area contributed by atoms with Gasteiger partial charge in [0.15, 0.2) is 0 Å². The van der Waals surface area contributed by atoms with E-state index in [4.69, 9.17) is 0 Å². The van der Waals surface area contributed by atoms with E-state index in [9.17, 15) is 4.79 Å². The standard InChI is InChI=1S/C19H20N6O/c26-19(22-16-11-21-25-10-2-1-7-17(16)25)23-12-14-5-3-8-20-18(14)24-9-4-6-15(24)13-23/h1-3,5,7-8,10-11,15H,4,6,9,12-13H2,(H,22,26)/t15-/m1/s1. The molecule has 1 fully saturated rings. The Morgan fingerprint density at radius 2 is 2.19 bits per heavy atom. The van der Waals surface area contributed by atoms with E-state index in [1.54, 1.807) is 10.7 Å². The van der Waals surface area contributed by atoms with E-state index in [-0.39, 0.29) is 6.03 Å². The van der Waals surface area contributed by atoms with Gasteiger partial charge in [-0.3, -0.25) is 0 Å². The van der Waals surface area contributed by atoms with Crippen molar-refractivity contribution in [2.45, 2.75) is 25.4 Å². The van der Waals surface area contributed by atoms with Crippen LogP contribution in [0, 0.1) is 0 Å². The number of nitrogens with one attached hydrogen (secondary N) is 1. The fourth-order valence-corrected chi connectivity index (χ4v) is 4.02. The zero-order valence-corrected chi connectivity index (χ0v) is 14.4. The molecule has 3 aromatic rings. The molecule has 0 unspecified atom stereocenters. The first kappa shape index (κ1) is 15.2. The summed E-state index contributed by atoms with van der Waals surface area (Å²) in [6.07, 6.45) is 7.64. The number of urea groups is 1. The molecule has 0 radical (unpaired) electrons. The molecule has 2 aliphatic heterocycles. The van der Waals surface area contributed by atoms with E-state index in [1.807, 2.05) is 41.6 Å². The minimum atomic E-state index is -0.0905. The maximum atomic E-state index is 13.0. The van der Waals surface area contributed by atoms with Gasteiger partial charge in [-0.25, -0.2) is 14.3 Å². The fourth-order valence-electron chi connectivity index (χ4n) is 4.02. The van der Waals surface area contributed by atoms with Crippen molar-refractivity contribution in [1.82, 2.24) is 19.5 Å². The molecule has 1 saturated heterocycles. The number of pyridine rings is 2. The van der Waals surface area contributed by atoms with Crippen LogP contribution in [-0.4, -0.2) is 44.7 Å². The molecule has 0 aliphatic carbocycles. The molecule has 0 spiro atoms. The molecule has 132 valence electrons. The van der Waals surface area contributed by atoms with E-state index in [0.29, 0.717) is 19.1 Å². The summed E-state index contributed by atoms with van der Waals surface area (Å²) in [5.74, 6) is 1.03. The Balaban J connectivity index is 1.43. The van der Waals surface area contributed by atoms with Gasteiger partial charge in [0.25, 0.3) is 0 Å². The fraction of sp³-hybridized carbons (Fsp3) is 0.316. The number of anilines is 2. The van der Waals surface area contributed by atoms with Crippen LogP contribution in [0.4, 0.5) is 16.3 Å². The minimum Gasteiger partial charge on any atom is -0.352 e. The number of fused-ring (bicyclic) bond motifs is 4. The van der Waals surface area contributed by atoms with Gasteiger partial charge >= 0.3 is 6.03 Å². The summed E-state index contributed by atoms with van der Waals surface area (Å²) >= 11 is 0. The van der Waals surface area contributed by atoms with E-state index in [0.717, 1.165) is 42.0 Å². The first-order valence-corrected chi connectivity index (χ1v) is 8.98. The van der Waals surface area contributed by atoms with Gasteiger partial charge in [-0.1, -0.05) is 12.1 Å². The second kappa shape index (κ2) is 6.01. The maximum Gasteiger partial charge on any atom is 0.322 e. The highest BCUT2D eigenvalue weighted by Gasteiger charge is 2.34. The summed E-state index contributed by atoms with van der Waals surface area (Å²) in [4.78, 5) is 21.8. The normalized spacial score (nSPS) is 19.2. The van der Waals surface area contributed by atoms with Crippen LogP contribution < -0.4 is 10.2 Å². The highest BCUT2D eigenvalue weighted by atomic mass is 16.2. The molecule has 5 rings (SSSR count).